The number of anilines is 3. The second-order valence-electron chi connectivity index (χ2n) is 4.03. The second kappa shape index (κ2) is 4.56. The minimum absolute atomic E-state index is 0.542. The third-order valence-electron chi connectivity index (χ3n) is 2.58. The van der Waals surface area contributed by atoms with E-state index in [4.69, 9.17) is 0 Å². The van der Waals surface area contributed by atoms with Crippen molar-refractivity contribution in [2.24, 2.45) is 7.05 Å². The largest absolute Gasteiger partial charge is 0.354 e. The summed E-state index contributed by atoms with van der Waals surface area (Å²) in [6.45, 7) is 2.74. The molecular weight excluding hydrogens is 244 g/mol. The molecule has 98 valence electrons. The predicted molar refractivity (Wildman–Crippen MR) is 72.3 cm³/mol. The Balaban J connectivity index is 2.02. The molecule has 3 heterocycles. The first kappa shape index (κ1) is 11.5. The summed E-state index contributed by atoms with van der Waals surface area (Å²) in [7, 11) is 1.86. The number of nitrogens with zero attached hydrogens (tertiary/aromatic N) is 5. The van der Waals surface area contributed by atoms with Crippen LogP contribution in [0.5, 0.6) is 0 Å². The number of aromatic nitrogens is 6. The van der Waals surface area contributed by atoms with Crippen molar-refractivity contribution in [2.45, 2.75) is 6.92 Å². The number of nitrogens with one attached hydrogen (secondary N) is 3. The van der Waals surface area contributed by atoms with Gasteiger partial charge in [0.15, 0.2) is 17.3 Å². The van der Waals surface area contributed by atoms with Crippen molar-refractivity contribution in [1.29, 1.82) is 0 Å². The summed E-state index contributed by atoms with van der Waals surface area (Å²) in [5, 5.41) is 10.5. The Labute approximate surface area is 109 Å². The summed E-state index contributed by atoms with van der Waals surface area (Å²) in [6, 6.07) is 1.87. The molecule has 0 fully saturated rings. The zero-order chi connectivity index (χ0) is 13.2. The molecule has 8 heteroatoms. The van der Waals surface area contributed by atoms with Crippen LogP contribution in [-0.2, 0) is 7.05 Å². The zero-order valence-electron chi connectivity index (χ0n) is 10.7. The lowest BCUT2D eigenvalue weighted by Gasteiger charge is -2.06. The van der Waals surface area contributed by atoms with Crippen LogP contribution in [0, 0.1) is 0 Å². The van der Waals surface area contributed by atoms with E-state index >= 15 is 0 Å². The maximum atomic E-state index is 4.41. The standard InChI is InChI=1S/C11H14N8/c1-3-12-11-16-9-8(13-6-14-9)10(17-11)15-7-4-5-19(2)18-7/h4-6H,3H2,1-2H3,(H3,12,13,14,15,16,17,18). The molecule has 0 aliphatic rings. The van der Waals surface area contributed by atoms with E-state index < -0.39 is 0 Å². The van der Waals surface area contributed by atoms with E-state index in [-0.39, 0.29) is 0 Å². The zero-order valence-corrected chi connectivity index (χ0v) is 10.7. The van der Waals surface area contributed by atoms with Crippen molar-refractivity contribution in [3.63, 3.8) is 0 Å². The molecule has 19 heavy (non-hydrogen) atoms. The van der Waals surface area contributed by atoms with Crippen molar-refractivity contribution in [3.05, 3.63) is 18.6 Å². The molecule has 0 aliphatic heterocycles. The van der Waals surface area contributed by atoms with Gasteiger partial charge < -0.3 is 15.6 Å². The number of aryl methyl sites for hydroxylation is 1. The summed E-state index contributed by atoms with van der Waals surface area (Å²) in [6.07, 6.45) is 3.46. The summed E-state index contributed by atoms with van der Waals surface area (Å²) in [5.41, 5.74) is 1.37. The Hall–Kier alpha value is -2.64. The molecule has 0 atom stereocenters. The fourth-order valence-electron chi connectivity index (χ4n) is 1.76. The number of hydrogen-bond acceptors (Lipinski definition) is 6. The number of rotatable bonds is 4. The van der Waals surface area contributed by atoms with Crippen LogP contribution in [0.3, 0.4) is 0 Å². The Morgan fingerprint density at radius 2 is 2.26 bits per heavy atom. The lowest BCUT2D eigenvalue weighted by atomic mass is 10.4. The lowest BCUT2D eigenvalue weighted by Crippen LogP contribution is -2.05. The highest BCUT2D eigenvalue weighted by atomic mass is 15.3. The van der Waals surface area contributed by atoms with Gasteiger partial charge in [-0.2, -0.15) is 15.1 Å². The van der Waals surface area contributed by atoms with Crippen LogP contribution in [0.1, 0.15) is 6.92 Å². The van der Waals surface area contributed by atoms with Crippen LogP contribution in [0.4, 0.5) is 17.6 Å². The minimum atomic E-state index is 0.542. The van der Waals surface area contributed by atoms with E-state index in [1.54, 1.807) is 11.0 Å². The van der Waals surface area contributed by atoms with Gasteiger partial charge in [-0.3, -0.25) is 4.68 Å². The summed E-state index contributed by atoms with van der Waals surface area (Å²) >= 11 is 0. The SMILES string of the molecule is CCNc1nc(Nc2ccn(C)n2)c2[nH]cnc2n1. The summed E-state index contributed by atoms with van der Waals surface area (Å²) in [4.78, 5) is 15.9. The normalized spacial score (nSPS) is 10.8. The molecule has 0 bridgehead atoms. The van der Waals surface area contributed by atoms with E-state index in [1.165, 1.54) is 0 Å². The molecule has 3 aromatic heterocycles. The molecule has 0 radical (unpaired) electrons. The Bertz CT molecular complexity index is 698. The van der Waals surface area contributed by atoms with Crippen LogP contribution in [-0.4, -0.2) is 36.3 Å². The summed E-state index contributed by atoms with van der Waals surface area (Å²) < 4.78 is 1.72. The van der Waals surface area contributed by atoms with Crippen molar-refractivity contribution in [3.8, 4) is 0 Å². The highest BCUT2D eigenvalue weighted by Gasteiger charge is 2.10. The number of hydrogen-bond donors (Lipinski definition) is 3. The van der Waals surface area contributed by atoms with Gasteiger partial charge in [0.1, 0.15) is 5.52 Å². The molecule has 0 saturated heterocycles. The van der Waals surface area contributed by atoms with Gasteiger partial charge in [0.25, 0.3) is 0 Å². The molecule has 8 nitrogen and oxygen atoms in total. The van der Waals surface area contributed by atoms with Gasteiger partial charge in [-0.05, 0) is 6.92 Å². The van der Waals surface area contributed by atoms with E-state index in [2.05, 4.69) is 35.7 Å². The number of aromatic amines is 1. The monoisotopic (exact) mass is 258 g/mol. The fourth-order valence-corrected chi connectivity index (χ4v) is 1.76. The van der Waals surface area contributed by atoms with Gasteiger partial charge >= 0.3 is 0 Å². The van der Waals surface area contributed by atoms with E-state index in [1.807, 2.05) is 26.2 Å². The number of H-pyrrole nitrogens is 1. The Morgan fingerprint density at radius 3 is 3.00 bits per heavy atom. The van der Waals surface area contributed by atoms with Gasteiger partial charge in [0.2, 0.25) is 5.95 Å². The highest BCUT2D eigenvalue weighted by Crippen LogP contribution is 2.21. The van der Waals surface area contributed by atoms with Crippen molar-refractivity contribution in [1.82, 2.24) is 29.7 Å². The van der Waals surface area contributed by atoms with Crippen LogP contribution >= 0.6 is 0 Å². The first-order valence-corrected chi connectivity index (χ1v) is 5.98. The third kappa shape index (κ3) is 2.19. The first-order chi connectivity index (χ1) is 9.26. The molecule has 0 aromatic carbocycles. The maximum absolute atomic E-state index is 4.41. The van der Waals surface area contributed by atoms with Gasteiger partial charge in [-0.15, -0.1) is 0 Å². The highest BCUT2D eigenvalue weighted by molar-refractivity contribution is 5.85. The third-order valence-corrected chi connectivity index (χ3v) is 2.58. The molecular formula is C11H14N8. The minimum Gasteiger partial charge on any atom is -0.354 e. The van der Waals surface area contributed by atoms with E-state index in [9.17, 15) is 0 Å². The molecule has 3 aromatic rings. The number of fused-ring (bicyclic) bond motifs is 1. The van der Waals surface area contributed by atoms with Crippen LogP contribution in [0.15, 0.2) is 18.6 Å². The second-order valence-corrected chi connectivity index (χ2v) is 4.03. The molecule has 0 saturated carbocycles. The average molecular weight is 258 g/mol. The van der Waals surface area contributed by atoms with Crippen molar-refractivity contribution < 1.29 is 0 Å². The van der Waals surface area contributed by atoms with Crippen LogP contribution in [0.25, 0.3) is 11.2 Å². The number of imidazole rings is 1. The van der Waals surface area contributed by atoms with E-state index in [0.29, 0.717) is 17.4 Å². The summed E-state index contributed by atoms with van der Waals surface area (Å²) in [5.74, 6) is 1.91. The molecule has 0 amide bonds. The van der Waals surface area contributed by atoms with Crippen LogP contribution < -0.4 is 10.6 Å². The quantitative estimate of drug-likeness (QED) is 0.652. The Kier molecular flexibility index (Phi) is 2.75. The first-order valence-electron chi connectivity index (χ1n) is 5.98. The Morgan fingerprint density at radius 1 is 1.37 bits per heavy atom. The average Bonchev–Trinajstić information content (AvgIpc) is 2.99. The fraction of sp³-hybridized carbons (Fsp3) is 0.273. The molecule has 3 rings (SSSR count). The predicted octanol–water partition coefficient (Wildman–Crippen LogP) is 1.26. The smallest absolute Gasteiger partial charge is 0.226 e. The van der Waals surface area contributed by atoms with Crippen LogP contribution in [0.2, 0.25) is 0 Å². The van der Waals surface area contributed by atoms with Crippen molar-refractivity contribution in [2.75, 3.05) is 17.2 Å². The van der Waals surface area contributed by atoms with Gasteiger partial charge in [-0.25, -0.2) is 4.98 Å². The molecule has 0 unspecified atom stereocenters. The van der Waals surface area contributed by atoms with E-state index in [0.717, 1.165) is 17.9 Å². The maximum Gasteiger partial charge on any atom is 0.226 e. The molecule has 3 N–H and O–H groups in total. The van der Waals surface area contributed by atoms with Gasteiger partial charge in [0.05, 0.1) is 6.33 Å². The van der Waals surface area contributed by atoms with Crippen molar-refractivity contribution >= 4 is 28.7 Å². The molecule has 0 aliphatic carbocycles. The lowest BCUT2D eigenvalue weighted by molar-refractivity contribution is 0.771. The van der Waals surface area contributed by atoms with Gasteiger partial charge in [-0.1, -0.05) is 0 Å². The topological polar surface area (TPSA) is 96.3 Å². The molecule has 0 spiro atoms. The van der Waals surface area contributed by atoms with Gasteiger partial charge in [0, 0.05) is 25.9 Å².